The summed E-state index contributed by atoms with van der Waals surface area (Å²) in [5, 5.41) is 13.7. The molecule has 1 aromatic rings. The number of benzene rings is 1. The monoisotopic (exact) mass is 231 g/mol. The summed E-state index contributed by atoms with van der Waals surface area (Å²) in [6.07, 6.45) is 2.09. The molecular formula is C15H21NO. The Bertz CT molecular complexity index is 466. The maximum atomic E-state index is 10.1. The minimum absolute atomic E-state index is 0.176. The molecule has 1 aliphatic heterocycles. The molecule has 2 N–H and O–H groups in total. The summed E-state index contributed by atoms with van der Waals surface area (Å²) in [6, 6.07) is 6.48. The van der Waals surface area contributed by atoms with E-state index in [2.05, 4.69) is 32.2 Å². The number of rotatable bonds is 0. The van der Waals surface area contributed by atoms with E-state index in [0.717, 1.165) is 24.9 Å². The van der Waals surface area contributed by atoms with Crippen molar-refractivity contribution in [2.75, 3.05) is 6.54 Å². The molecule has 2 nitrogen and oxygen atoms in total. The summed E-state index contributed by atoms with van der Waals surface area (Å²) in [5.74, 6) is 0.470. The van der Waals surface area contributed by atoms with Gasteiger partial charge in [0.2, 0.25) is 0 Å². The maximum Gasteiger partial charge on any atom is 0.119 e. The standard InChI is InChI=1S/C15H21NO/c1-14(2)13-9-10-11(5-4-6-12(10)17)15(14,3)7-8-16-13/h4-6,13,16-17H,7-9H2,1-3H3. The highest BCUT2D eigenvalue weighted by atomic mass is 16.3. The highest BCUT2D eigenvalue weighted by Gasteiger charge is 2.53. The summed E-state index contributed by atoms with van der Waals surface area (Å²) in [6.45, 7) is 8.16. The third-order valence-electron chi connectivity index (χ3n) is 5.46. The summed E-state index contributed by atoms with van der Waals surface area (Å²) >= 11 is 0. The Morgan fingerprint density at radius 3 is 2.82 bits per heavy atom. The number of phenolic OH excluding ortho intramolecular Hbond substituents is 1. The minimum atomic E-state index is 0.176. The smallest absolute Gasteiger partial charge is 0.119 e. The van der Waals surface area contributed by atoms with E-state index in [4.69, 9.17) is 0 Å². The molecule has 2 aliphatic rings. The van der Waals surface area contributed by atoms with Gasteiger partial charge < -0.3 is 10.4 Å². The SMILES string of the molecule is CC12CCNC(Cc3c(O)cccc31)C2(C)C. The first-order chi connectivity index (χ1) is 7.97. The van der Waals surface area contributed by atoms with Gasteiger partial charge in [-0.1, -0.05) is 32.9 Å². The highest BCUT2D eigenvalue weighted by Crippen LogP contribution is 2.54. The highest BCUT2D eigenvalue weighted by molar-refractivity contribution is 5.48. The Labute approximate surface area is 103 Å². The quantitative estimate of drug-likeness (QED) is 0.719. The van der Waals surface area contributed by atoms with Gasteiger partial charge in [0.1, 0.15) is 5.75 Å². The number of phenols is 1. The fourth-order valence-corrected chi connectivity index (χ4v) is 3.78. The number of fused-ring (bicyclic) bond motifs is 4. The van der Waals surface area contributed by atoms with Crippen LogP contribution in [0.5, 0.6) is 5.75 Å². The Hall–Kier alpha value is -1.02. The van der Waals surface area contributed by atoms with Crippen molar-refractivity contribution in [2.45, 2.75) is 45.1 Å². The molecule has 92 valence electrons. The third kappa shape index (κ3) is 1.25. The van der Waals surface area contributed by atoms with Crippen molar-refractivity contribution in [1.82, 2.24) is 5.32 Å². The number of hydrogen-bond acceptors (Lipinski definition) is 2. The lowest BCUT2D eigenvalue weighted by atomic mass is 9.51. The molecule has 0 saturated carbocycles. The summed E-state index contributed by atoms with van der Waals surface area (Å²) in [7, 11) is 0. The van der Waals surface area contributed by atoms with E-state index in [1.165, 1.54) is 5.56 Å². The molecule has 3 rings (SSSR count). The average molecular weight is 231 g/mol. The Morgan fingerprint density at radius 2 is 2.06 bits per heavy atom. The molecule has 1 fully saturated rings. The fourth-order valence-electron chi connectivity index (χ4n) is 3.78. The average Bonchev–Trinajstić information content (AvgIpc) is 2.24. The van der Waals surface area contributed by atoms with E-state index in [-0.39, 0.29) is 10.8 Å². The molecule has 0 aromatic heterocycles. The van der Waals surface area contributed by atoms with Gasteiger partial charge in [-0.3, -0.25) is 0 Å². The molecular weight excluding hydrogens is 210 g/mol. The van der Waals surface area contributed by atoms with Gasteiger partial charge in [0.05, 0.1) is 0 Å². The lowest BCUT2D eigenvalue weighted by Crippen LogP contribution is -2.62. The van der Waals surface area contributed by atoms with Gasteiger partial charge in [0, 0.05) is 11.5 Å². The maximum absolute atomic E-state index is 10.1. The molecule has 1 aliphatic carbocycles. The van der Waals surface area contributed by atoms with Crippen molar-refractivity contribution in [3.05, 3.63) is 29.3 Å². The van der Waals surface area contributed by atoms with Crippen LogP contribution in [0.1, 0.15) is 38.3 Å². The van der Waals surface area contributed by atoms with Crippen molar-refractivity contribution in [1.29, 1.82) is 0 Å². The molecule has 1 aromatic carbocycles. The predicted octanol–water partition coefficient (Wildman–Crippen LogP) is 2.59. The van der Waals surface area contributed by atoms with Crippen LogP contribution in [0, 0.1) is 5.41 Å². The largest absolute Gasteiger partial charge is 0.508 e. The zero-order valence-electron chi connectivity index (χ0n) is 10.9. The van der Waals surface area contributed by atoms with Crippen molar-refractivity contribution in [3.8, 4) is 5.75 Å². The van der Waals surface area contributed by atoms with Crippen LogP contribution in [-0.2, 0) is 11.8 Å². The molecule has 0 radical (unpaired) electrons. The van der Waals surface area contributed by atoms with Gasteiger partial charge >= 0.3 is 0 Å². The molecule has 2 atom stereocenters. The number of nitrogens with one attached hydrogen (secondary N) is 1. The van der Waals surface area contributed by atoms with E-state index in [9.17, 15) is 5.11 Å². The van der Waals surface area contributed by atoms with Gasteiger partial charge in [-0.05, 0) is 42.0 Å². The lowest BCUT2D eigenvalue weighted by Gasteiger charge is -2.57. The van der Waals surface area contributed by atoms with E-state index in [1.807, 2.05) is 12.1 Å². The fraction of sp³-hybridized carbons (Fsp3) is 0.600. The van der Waals surface area contributed by atoms with Crippen LogP contribution in [0.4, 0.5) is 0 Å². The molecule has 1 saturated heterocycles. The van der Waals surface area contributed by atoms with Crippen molar-refractivity contribution in [2.24, 2.45) is 5.41 Å². The normalized spacial score (nSPS) is 34.2. The van der Waals surface area contributed by atoms with Crippen LogP contribution < -0.4 is 5.32 Å². The third-order valence-corrected chi connectivity index (χ3v) is 5.46. The zero-order chi connectivity index (χ0) is 12.3. The minimum Gasteiger partial charge on any atom is -0.508 e. The molecule has 2 heteroatoms. The number of hydrogen-bond donors (Lipinski definition) is 2. The molecule has 2 unspecified atom stereocenters. The van der Waals surface area contributed by atoms with Crippen LogP contribution in [0.2, 0.25) is 0 Å². The van der Waals surface area contributed by atoms with Gasteiger partial charge in [-0.25, -0.2) is 0 Å². The van der Waals surface area contributed by atoms with Crippen molar-refractivity contribution >= 4 is 0 Å². The van der Waals surface area contributed by atoms with E-state index in [0.29, 0.717) is 11.8 Å². The van der Waals surface area contributed by atoms with E-state index >= 15 is 0 Å². The van der Waals surface area contributed by atoms with E-state index in [1.54, 1.807) is 0 Å². The molecule has 17 heavy (non-hydrogen) atoms. The predicted molar refractivity (Wildman–Crippen MR) is 69.4 cm³/mol. The topological polar surface area (TPSA) is 32.3 Å². The summed E-state index contributed by atoms with van der Waals surface area (Å²) < 4.78 is 0. The van der Waals surface area contributed by atoms with E-state index < -0.39 is 0 Å². The van der Waals surface area contributed by atoms with Crippen molar-refractivity contribution < 1.29 is 5.11 Å². The summed E-state index contributed by atoms with van der Waals surface area (Å²) in [5.41, 5.74) is 2.94. The van der Waals surface area contributed by atoms with Crippen LogP contribution in [0.3, 0.4) is 0 Å². The van der Waals surface area contributed by atoms with Crippen LogP contribution in [0.15, 0.2) is 18.2 Å². The number of aromatic hydroxyl groups is 1. The molecule has 0 amide bonds. The molecule has 2 bridgehead atoms. The van der Waals surface area contributed by atoms with Gasteiger partial charge in [-0.2, -0.15) is 0 Å². The van der Waals surface area contributed by atoms with Gasteiger partial charge in [0.15, 0.2) is 0 Å². The van der Waals surface area contributed by atoms with Crippen LogP contribution in [0.25, 0.3) is 0 Å². The van der Waals surface area contributed by atoms with Crippen LogP contribution >= 0.6 is 0 Å². The molecule has 1 heterocycles. The second-order valence-corrected chi connectivity index (χ2v) is 6.32. The van der Waals surface area contributed by atoms with Gasteiger partial charge in [-0.15, -0.1) is 0 Å². The zero-order valence-corrected chi connectivity index (χ0v) is 10.9. The Balaban J connectivity index is 2.26. The second-order valence-electron chi connectivity index (χ2n) is 6.32. The first kappa shape index (κ1) is 11.1. The lowest BCUT2D eigenvalue weighted by molar-refractivity contribution is 0.0551. The summed E-state index contributed by atoms with van der Waals surface area (Å²) in [4.78, 5) is 0. The second kappa shape index (κ2) is 3.26. The first-order valence-corrected chi connectivity index (χ1v) is 6.51. The first-order valence-electron chi connectivity index (χ1n) is 6.51. The Morgan fingerprint density at radius 1 is 1.29 bits per heavy atom. The molecule has 0 spiro atoms. The van der Waals surface area contributed by atoms with Gasteiger partial charge in [0.25, 0.3) is 0 Å². The Kier molecular flexibility index (Phi) is 2.13. The van der Waals surface area contributed by atoms with Crippen LogP contribution in [-0.4, -0.2) is 17.7 Å². The number of piperidine rings is 1. The van der Waals surface area contributed by atoms with Crippen molar-refractivity contribution in [3.63, 3.8) is 0 Å².